The number of nitrogens with zero attached hydrogens (tertiary/aromatic N) is 2. The summed E-state index contributed by atoms with van der Waals surface area (Å²) in [5.74, 6) is 1.79. The normalized spacial score (nSPS) is 11.1. The average molecular weight is 243 g/mol. The highest BCUT2D eigenvalue weighted by Gasteiger charge is 2.17. The number of anilines is 1. The molecule has 0 bridgehead atoms. The lowest BCUT2D eigenvalue weighted by Gasteiger charge is -2.13. The van der Waals surface area contributed by atoms with Gasteiger partial charge in [-0.1, -0.05) is 43.7 Å². The molecule has 18 heavy (non-hydrogen) atoms. The van der Waals surface area contributed by atoms with E-state index in [1.165, 1.54) is 0 Å². The number of imidazole rings is 1. The summed E-state index contributed by atoms with van der Waals surface area (Å²) >= 11 is 0. The molecule has 0 saturated heterocycles. The molecule has 0 aliphatic carbocycles. The highest BCUT2D eigenvalue weighted by atomic mass is 15.2. The third-order valence-electron chi connectivity index (χ3n) is 3.06. The number of nitrogen functional groups attached to an aromatic ring is 1. The van der Waals surface area contributed by atoms with Crippen LogP contribution >= 0.6 is 0 Å². The maximum absolute atomic E-state index is 6.23. The molecule has 0 saturated carbocycles. The Hall–Kier alpha value is -1.77. The zero-order valence-corrected chi connectivity index (χ0v) is 11.4. The lowest BCUT2D eigenvalue weighted by Crippen LogP contribution is -2.07. The number of rotatable bonds is 4. The van der Waals surface area contributed by atoms with E-state index in [1.807, 2.05) is 18.2 Å². The molecule has 0 spiro atoms. The predicted molar refractivity (Wildman–Crippen MR) is 76.5 cm³/mol. The van der Waals surface area contributed by atoms with Crippen molar-refractivity contribution in [3.63, 3.8) is 0 Å². The lowest BCUT2D eigenvalue weighted by atomic mass is 10.2. The lowest BCUT2D eigenvalue weighted by molar-refractivity contribution is 0.613. The first-order valence-corrected chi connectivity index (χ1v) is 6.57. The highest BCUT2D eigenvalue weighted by Crippen LogP contribution is 2.28. The van der Waals surface area contributed by atoms with Crippen molar-refractivity contribution in [2.24, 2.45) is 0 Å². The van der Waals surface area contributed by atoms with Crippen molar-refractivity contribution in [2.45, 2.75) is 39.7 Å². The van der Waals surface area contributed by atoms with Gasteiger partial charge in [-0.2, -0.15) is 0 Å². The zero-order chi connectivity index (χ0) is 13.1. The van der Waals surface area contributed by atoms with E-state index in [9.17, 15) is 0 Å². The maximum atomic E-state index is 6.23. The van der Waals surface area contributed by atoms with Crippen molar-refractivity contribution in [3.8, 4) is 11.4 Å². The number of hydrogen-bond acceptors (Lipinski definition) is 2. The third-order valence-corrected chi connectivity index (χ3v) is 3.06. The monoisotopic (exact) mass is 243 g/mol. The summed E-state index contributed by atoms with van der Waals surface area (Å²) in [6.45, 7) is 6.43. The van der Waals surface area contributed by atoms with Gasteiger partial charge in [0.1, 0.15) is 11.6 Å². The molecule has 1 aromatic carbocycles. The summed E-state index contributed by atoms with van der Waals surface area (Å²) in [4.78, 5) is 4.73. The minimum absolute atomic E-state index is 0.318. The Morgan fingerprint density at radius 3 is 2.44 bits per heavy atom. The molecule has 0 atom stereocenters. The van der Waals surface area contributed by atoms with Crippen LogP contribution in [-0.2, 0) is 6.42 Å². The van der Waals surface area contributed by atoms with Crippen LogP contribution in [0.3, 0.4) is 0 Å². The minimum Gasteiger partial charge on any atom is -0.384 e. The molecule has 3 nitrogen and oxygen atoms in total. The van der Waals surface area contributed by atoms with E-state index in [4.69, 9.17) is 10.7 Å². The van der Waals surface area contributed by atoms with Gasteiger partial charge in [-0.3, -0.25) is 0 Å². The second-order valence-electron chi connectivity index (χ2n) is 4.85. The number of hydrogen-bond donors (Lipinski definition) is 1. The van der Waals surface area contributed by atoms with Gasteiger partial charge in [0.2, 0.25) is 0 Å². The van der Waals surface area contributed by atoms with Crippen molar-refractivity contribution < 1.29 is 0 Å². The minimum atomic E-state index is 0.318. The molecule has 96 valence electrons. The van der Waals surface area contributed by atoms with Crippen molar-refractivity contribution in [2.75, 3.05) is 5.73 Å². The number of aromatic nitrogens is 2. The molecule has 0 fully saturated rings. The maximum Gasteiger partial charge on any atom is 0.142 e. The van der Waals surface area contributed by atoms with E-state index < -0.39 is 0 Å². The molecule has 1 heterocycles. The van der Waals surface area contributed by atoms with Crippen LogP contribution in [0.5, 0.6) is 0 Å². The fourth-order valence-corrected chi connectivity index (χ4v) is 2.23. The summed E-state index contributed by atoms with van der Waals surface area (Å²) in [5.41, 5.74) is 8.37. The van der Waals surface area contributed by atoms with E-state index in [1.54, 1.807) is 0 Å². The van der Waals surface area contributed by atoms with Crippen molar-refractivity contribution in [1.82, 2.24) is 9.55 Å². The van der Waals surface area contributed by atoms with E-state index in [0.717, 1.165) is 35.7 Å². The van der Waals surface area contributed by atoms with Crippen LogP contribution < -0.4 is 5.73 Å². The predicted octanol–water partition coefficient (Wildman–Crippen LogP) is 3.67. The van der Waals surface area contributed by atoms with Crippen molar-refractivity contribution in [1.29, 1.82) is 0 Å². The van der Waals surface area contributed by atoms with E-state index in [2.05, 4.69) is 37.5 Å². The van der Waals surface area contributed by atoms with Crippen LogP contribution in [0.25, 0.3) is 11.4 Å². The Labute approximate surface area is 109 Å². The van der Waals surface area contributed by atoms with Gasteiger partial charge in [-0.05, 0) is 20.3 Å². The van der Waals surface area contributed by atoms with Crippen LogP contribution in [0.2, 0.25) is 0 Å². The van der Waals surface area contributed by atoms with Crippen molar-refractivity contribution >= 4 is 5.82 Å². The molecule has 2 N–H and O–H groups in total. The largest absolute Gasteiger partial charge is 0.384 e. The molecule has 0 amide bonds. The van der Waals surface area contributed by atoms with Gasteiger partial charge in [0.15, 0.2) is 0 Å². The van der Waals surface area contributed by atoms with Crippen molar-refractivity contribution in [3.05, 3.63) is 36.0 Å². The summed E-state index contributed by atoms with van der Waals surface area (Å²) in [5, 5.41) is 0. The fraction of sp³-hybridized carbons (Fsp3) is 0.400. The average Bonchev–Trinajstić information content (AvgIpc) is 2.69. The highest BCUT2D eigenvalue weighted by molar-refractivity contribution is 5.60. The van der Waals surface area contributed by atoms with Crippen LogP contribution in [-0.4, -0.2) is 9.55 Å². The Bertz CT molecular complexity index is 512. The van der Waals surface area contributed by atoms with Gasteiger partial charge < -0.3 is 10.3 Å². The summed E-state index contributed by atoms with van der Waals surface area (Å²) < 4.78 is 2.13. The summed E-state index contributed by atoms with van der Waals surface area (Å²) in [6, 6.07) is 10.6. The fourth-order valence-electron chi connectivity index (χ4n) is 2.23. The van der Waals surface area contributed by atoms with Gasteiger partial charge in [-0.15, -0.1) is 0 Å². The van der Waals surface area contributed by atoms with Gasteiger partial charge in [-0.25, -0.2) is 4.98 Å². The first-order chi connectivity index (χ1) is 8.65. The Morgan fingerprint density at radius 2 is 1.89 bits per heavy atom. The first kappa shape index (κ1) is 12.7. The Balaban J connectivity index is 2.56. The number of nitrogens with two attached hydrogens (primary N) is 1. The van der Waals surface area contributed by atoms with E-state index >= 15 is 0 Å². The van der Waals surface area contributed by atoms with Gasteiger partial charge >= 0.3 is 0 Å². The molecular formula is C15H21N3. The Morgan fingerprint density at radius 1 is 1.22 bits per heavy atom. The first-order valence-electron chi connectivity index (χ1n) is 6.57. The molecule has 3 heteroatoms. The van der Waals surface area contributed by atoms with Crippen LogP contribution in [0.4, 0.5) is 5.82 Å². The number of benzene rings is 1. The summed E-state index contributed by atoms with van der Waals surface area (Å²) in [7, 11) is 0. The smallest absolute Gasteiger partial charge is 0.142 e. The summed E-state index contributed by atoms with van der Waals surface area (Å²) in [6.07, 6.45) is 2.00. The second-order valence-corrected chi connectivity index (χ2v) is 4.85. The second kappa shape index (κ2) is 5.25. The van der Waals surface area contributed by atoms with Gasteiger partial charge in [0.05, 0.1) is 5.69 Å². The van der Waals surface area contributed by atoms with Crippen LogP contribution in [0.15, 0.2) is 30.3 Å². The SMILES string of the molecule is CCCc1nc(-c2ccccc2)n(C(C)C)c1N. The standard InChI is InChI=1S/C15H21N3/c1-4-8-13-14(16)18(11(2)3)15(17-13)12-9-6-5-7-10-12/h5-7,9-11H,4,8,16H2,1-3H3. The van der Waals surface area contributed by atoms with Gasteiger partial charge in [0, 0.05) is 11.6 Å². The van der Waals surface area contributed by atoms with Crippen LogP contribution in [0.1, 0.15) is 38.9 Å². The molecule has 0 radical (unpaired) electrons. The molecule has 2 aromatic rings. The molecular weight excluding hydrogens is 222 g/mol. The number of aryl methyl sites for hydroxylation is 1. The van der Waals surface area contributed by atoms with E-state index in [-0.39, 0.29) is 0 Å². The third kappa shape index (κ3) is 2.26. The van der Waals surface area contributed by atoms with E-state index in [0.29, 0.717) is 6.04 Å². The molecule has 0 unspecified atom stereocenters. The quantitative estimate of drug-likeness (QED) is 0.890. The Kier molecular flexibility index (Phi) is 3.70. The van der Waals surface area contributed by atoms with Gasteiger partial charge in [0.25, 0.3) is 0 Å². The molecule has 0 aliphatic heterocycles. The molecule has 2 rings (SSSR count). The zero-order valence-electron chi connectivity index (χ0n) is 11.4. The molecule has 1 aromatic heterocycles. The topological polar surface area (TPSA) is 43.8 Å². The van der Waals surface area contributed by atoms with Crippen LogP contribution in [0, 0.1) is 0 Å². The molecule has 0 aliphatic rings.